The van der Waals surface area contributed by atoms with E-state index in [1.807, 2.05) is 0 Å². The van der Waals surface area contributed by atoms with Crippen LogP contribution in [0, 0.1) is 0 Å². The van der Waals surface area contributed by atoms with E-state index in [0.717, 1.165) is 0 Å². The van der Waals surface area contributed by atoms with Gasteiger partial charge >= 0.3 is 107 Å². The Morgan fingerprint density at radius 3 is 1.29 bits per heavy atom. The fraction of sp³-hybridized carbons (Fsp3) is 0.250. The SMILES string of the molecule is CC[As+](CC)(c1ccccc1)c1ccccc1. The normalized spacial score (nSPS) is 11.4. The van der Waals surface area contributed by atoms with Crippen LogP contribution in [-0.2, 0) is 0 Å². The summed E-state index contributed by atoms with van der Waals surface area (Å²) in [6.07, 6.45) is 0. The Morgan fingerprint density at radius 2 is 1.00 bits per heavy atom. The molecule has 0 N–H and O–H groups in total. The van der Waals surface area contributed by atoms with Crippen molar-refractivity contribution in [1.82, 2.24) is 0 Å². The molecule has 0 atom stereocenters. The molecule has 0 amide bonds. The van der Waals surface area contributed by atoms with Gasteiger partial charge in [0.1, 0.15) is 0 Å². The van der Waals surface area contributed by atoms with Crippen LogP contribution in [-0.4, -0.2) is 13.6 Å². The van der Waals surface area contributed by atoms with Gasteiger partial charge in [-0.05, 0) is 0 Å². The van der Waals surface area contributed by atoms with E-state index in [9.17, 15) is 0 Å². The molecule has 0 saturated heterocycles. The topological polar surface area (TPSA) is 0 Å². The summed E-state index contributed by atoms with van der Waals surface area (Å²) >= 11 is -1.89. The molecule has 0 unspecified atom stereocenters. The zero-order valence-electron chi connectivity index (χ0n) is 10.6. The molecule has 0 fully saturated rings. The molecule has 1 heteroatoms. The first kappa shape index (κ1) is 12.5. The van der Waals surface area contributed by atoms with Crippen molar-refractivity contribution in [2.75, 3.05) is 0 Å². The van der Waals surface area contributed by atoms with E-state index >= 15 is 0 Å². The fourth-order valence-corrected chi connectivity index (χ4v) is 10.3. The molecular weight excluding hydrogens is 267 g/mol. The third kappa shape index (κ3) is 2.33. The van der Waals surface area contributed by atoms with E-state index < -0.39 is 13.6 Å². The maximum atomic E-state index is 2.36. The van der Waals surface area contributed by atoms with Crippen LogP contribution in [0.4, 0.5) is 0 Å². The van der Waals surface area contributed by atoms with Crippen LogP contribution in [0.1, 0.15) is 13.8 Å². The van der Waals surface area contributed by atoms with Gasteiger partial charge in [0.2, 0.25) is 0 Å². The standard InChI is InChI=1S/C16H20As/c1-3-17(4-2,15-11-7-5-8-12-15)16-13-9-6-10-14-16/h5-14H,3-4H2,1-2H3/q+1. The maximum absolute atomic E-state index is 2.36. The molecule has 0 nitrogen and oxygen atoms in total. The third-order valence-corrected chi connectivity index (χ3v) is 13.5. The van der Waals surface area contributed by atoms with Gasteiger partial charge in [-0.2, -0.15) is 0 Å². The Balaban J connectivity index is 2.54. The average Bonchev–Trinajstić information content (AvgIpc) is 2.43. The molecule has 17 heavy (non-hydrogen) atoms. The second kappa shape index (κ2) is 5.56. The van der Waals surface area contributed by atoms with Crippen molar-refractivity contribution in [2.24, 2.45) is 0 Å². The van der Waals surface area contributed by atoms with Gasteiger partial charge in [-0.25, -0.2) is 0 Å². The molecule has 0 spiro atoms. The predicted molar refractivity (Wildman–Crippen MR) is 78.9 cm³/mol. The van der Waals surface area contributed by atoms with Gasteiger partial charge in [0.15, 0.2) is 0 Å². The van der Waals surface area contributed by atoms with Crippen molar-refractivity contribution >= 4 is 22.3 Å². The minimum atomic E-state index is -1.89. The zero-order chi connectivity index (χ0) is 12.1. The first-order valence-electron chi connectivity index (χ1n) is 6.32. The van der Waals surface area contributed by atoms with Gasteiger partial charge in [0.05, 0.1) is 0 Å². The van der Waals surface area contributed by atoms with Gasteiger partial charge in [0, 0.05) is 0 Å². The van der Waals surface area contributed by atoms with E-state index in [-0.39, 0.29) is 0 Å². The van der Waals surface area contributed by atoms with Gasteiger partial charge in [-0.3, -0.25) is 0 Å². The second-order valence-corrected chi connectivity index (χ2v) is 13.2. The van der Waals surface area contributed by atoms with E-state index in [1.54, 1.807) is 8.70 Å². The molecular formula is C16H20As+. The van der Waals surface area contributed by atoms with Crippen LogP contribution in [0.25, 0.3) is 0 Å². The van der Waals surface area contributed by atoms with Crippen molar-refractivity contribution in [3.8, 4) is 0 Å². The zero-order valence-corrected chi connectivity index (χ0v) is 12.5. The third-order valence-electron chi connectivity index (χ3n) is 3.58. The molecule has 0 aliphatic rings. The summed E-state index contributed by atoms with van der Waals surface area (Å²) in [4.78, 5) is 0. The molecule has 2 rings (SSSR count). The summed E-state index contributed by atoms with van der Waals surface area (Å²) in [5.74, 6) is 0. The molecule has 0 aliphatic heterocycles. The molecule has 0 aromatic heterocycles. The minimum absolute atomic E-state index is 1.31. The summed E-state index contributed by atoms with van der Waals surface area (Å²) in [6, 6.07) is 22.3. The van der Waals surface area contributed by atoms with E-state index in [2.05, 4.69) is 74.5 Å². The Morgan fingerprint density at radius 1 is 0.647 bits per heavy atom. The van der Waals surface area contributed by atoms with Crippen molar-refractivity contribution in [2.45, 2.75) is 24.3 Å². The number of hydrogen-bond donors (Lipinski definition) is 0. The van der Waals surface area contributed by atoms with Crippen molar-refractivity contribution in [3.63, 3.8) is 0 Å². The summed E-state index contributed by atoms with van der Waals surface area (Å²) in [7, 11) is 0. The Bertz CT molecular complexity index is 402. The van der Waals surface area contributed by atoms with Crippen LogP contribution in [0.15, 0.2) is 60.7 Å². The van der Waals surface area contributed by atoms with E-state index in [1.165, 1.54) is 10.4 Å². The second-order valence-electron chi connectivity index (χ2n) is 4.27. The molecule has 88 valence electrons. The monoisotopic (exact) mass is 287 g/mol. The van der Waals surface area contributed by atoms with Crippen LogP contribution < -0.4 is 8.70 Å². The molecule has 0 saturated carbocycles. The Kier molecular flexibility index (Phi) is 4.07. The number of benzene rings is 2. The van der Waals surface area contributed by atoms with Crippen LogP contribution in [0.3, 0.4) is 0 Å². The van der Waals surface area contributed by atoms with Gasteiger partial charge in [-0.1, -0.05) is 0 Å². The van der Waals surface area contributed by atoms with Crippen LogP contribution >= 0.6 is 0 Å². The Labute approximate surface area is 107 Å². The first-order chi connectivity index (χ1) is 8.33. The van der Waals surface area contributed by atoms with Crippen molar-refractivity contribution in [3.05, 3.63) is 60.7 Å². The summed E-state index contributed by atoms with van der Waals surface area (Å²) in [5.41, 5.74) is 0. The van der Waals surface area contributed by atoms with E-state index in [0.29, 0.717) is 0 Å². The molecule has 0 heterocycles. The number of rotatable bonds is 4. The summed E-state index contributed by atoms with van der Waals surface area (Å²) in [6.45, 7) is 4.72. The predicted octanol–water partition coefficient (Wildman–Crippen LogP) is 3.29. The molecule has 0 radical (unpaired) electrons. The van der Waals surface area contributed by atoms with Gasteiger partial charge in [-0.15, -0.1) is 0 Å². The van der Waals surface area contributed by atoms with Crippen LogP contribution in [0.5, 0.6) is 0 Å². The average molecular weight is 287 g/mol. The van der Waals surface area contributed by atoms with Crippen LogP contribution in [0.2, 0.25) is 10.4 Å². The number of hydrogen-bond acceptors (Lipinski definition) is 0. The molecule has 0 aliphatic carbocycles. The fourth-order valence-electron chi connectivity index (χ4n) is 2.53. The van der Waals surface area contributed by atoms with Gasteiger partial charge in [0.25, 0.3) is 0 Å². The summed E-state index contributed by atoms with van der Waals surface area (Å²) < 4.78 is 3.20. The van der Waals surface area contributed by atoms with Crippen molar-refractivity contribution < 1.29 is 0 Å². The van der Waals surface area contributed by atoms with Gasteiger partial charge < -0.3 is 0 Å². The quantitative estimate of drug-likeness (QED) is 0.757. The molecule has 2 aromatic carbocycles. The molecule has 2 aromatic rings. The Hall–Kier alpha value is -1.00. The first-order valence-corrected chi connectivity index (χ1v) is 10.8. The molecule has 0 bridgehead atoms. The van der Waals surface area contributed by atoms with E-state index in [4.69, 9.17) is 0 Å². The summed E-state index contributed by atoms with van der Waals surface area (Å²) in [5, 5.41) is 2.62. The van der Waals surface area contributed by atoms with Crippen molar-refractivity contribution in [1.29, 1.82) is 0 Å².